The van der Waals surface area contributed by atoms with E-state index in [9.17, 15) is 4.65 Å². The van der Waals surface area contributed by atoms with Gasteiger partial charge in [0.2, 0.25) is 0 Å². The van der Waals surface area contributed by atoms with Gasteiger partial charge in [-0.25, -0.2) is 0 Å². The zero-order chi connectivity index (χ0) is 8.36. The third kappa shape index (κ3) is 9.54. The molecule has 0 spiro atoms. The molecule has 11 heavy (non-hydrogen) atoms. The van der Waals surface area contributed by atoms with Crippen LogP contribution in [0.3, 0.4) is 0 Å². The van der Waals surface area contributed by atoms with Crippen LogP contribution >= 0.6 is 0 Å². The van der Waals surface area contributed by atoms with E-state index in [0.29, 0.717) is 6.61 Å². The van der Waals surface area contributed by atoms with Crippen molar-refractivity contribution in [3.8, 4) is 6.33 Å². The Hall–Kier alpha value is -0.460. The van der Waals surface area contributed by atoms with Gasteiger partial charge in [0.15, 0.2) is 0 Å². The molecule has 0 aromatic heterocycles. The average Bonchev–Trinajstić information content (AvgIpc) is 2.03. The SMILES string of the molecule is CCCCCCCCOC#[O+]. The molecule has 0 aliphatic rings. The van der Waals surface area contributed by atoms with E-state index in [4.69, 9.17) is 0 Å². The minimum atomic E-state index is 0.537. The van der Waals surface area contributed by atoms with E-state index < -0.39 is 0 Å². The zero-order valence-corrected chi connectivity index (χ0v) is 7.27. The van der Waals surface area contributed by atoms with Crippen LogP contribution in [0.1, 0.15) is 45.4 Å². The maximum absolute atomic E-state index is 9.59. The van der Waals surface area contributed by atoms with Crippen LogP contribution in [0.25, 0.3) is 0 Å². The normalized spacial score (nSPS) is 9.09. The number of unbranched alkanes of at least 4 members (excludes halogenated alkanes) is 5. The van der Waals surface area contributed by atoms with Crippen molar-refractivity contribution in [2.45, 2.75) is 45.4 Å². The second-order valence-electron chi connectivity index (χ2n) is 2.70. The van der Waals surface area contributed by atoms with Gasteiger partial charge >= 0.3 is 67.8 Å². The summed E-state index contributed by atoms with van der Waals surface area (Å²) in [5, 5.41) is 0. The molecule has 0 rings (SSSR count). The molecule has 0 radical (unpaired) electrons. The van der Waals surface area contributed by atoms with Gasteiger partial charge < -0.3 is 0 Å². The Morgan fingerprint density at radius 1 is 1.09 bits per heavy atom. The number of rotatable bonds is 7. The van der Waals surface area contributed by atoms with Crippen LogP contribution in [0.4, 0.5) is 0 Å². The molecule has 0 unspecified atom stereocenters. The van der Waals surface area contributed by atoms with Crippen molar-refractivity contribution in [2.75, 3.05) is 6.61 Å². The molecule has 0 aromatic rings. The van der Waals surface area contributed by atoms with Crippen molar-refractivity contribution in [3.05, 3.63) is 0 Å². The second-order valence-corrected chi connectivity index (χ2v) is 2.70. The van der Waals surface area contributed by atoms with E-state index in [1.165, 1.54) is 38.4 Å². The Morgan fingerprint density at radius 2 is 1.73 bits per heavy atom. The summed E-state index contributed by atoms with van der Waals surface area (Å²) in [6, 6.07) is 0. The topological polar surface area (TPSA) is 29.1 Å². The molecule has 0 aliphatic heterocycles. The first-order valence-corrected chi connectivity index (χ1v) is 4.40. The number of ether oxygens (including phenoxy) is 1. The Labute approximate surface area is 68.7 Å². The van der Waals surface area contributed by atoms with E-state index in [1.54, 1.807) is 0 Å². The fourth-order valence-electron chi connectivity index (χ4n) is 0.996. The fraction of sp³-hybridized carbons (Fsp3) is 0.889. The summed E-state index contributed by atoms with van der Waals surface area (Å²) >= 11 is 0. The first kappa shape index (κ1) is 10.5. The molecule has 2 heteroatoms. The fourth-order valence-corrected chi connectivity index (χ4v) is 0.996. The molecule has 0 aliphatic carbocycles. The Balaban J connectivity index is 2.75. The van der Waals surface area contributed by atoms with Gasteiger partial charge in [0.1, 0.15) is 0 Å². The van der Waals surface area contributed by atoms with E-state index >= 15 is 0 Å². The third-order valence-electron chi connectivity index (χ3n) is 1.66. The summed E-state index contributed by atoms with van der Waals surface area (Å²) in [7, 11) is 0. The zero-order valence-electron chi connectivity index (χ0n) is 7.27. The Morgan fingerprint density at radius 3 is 2.36 bits per heavy atom. The molecule has 0 aromatic carbocycles. The van der Waals surface area contributed by atoms with Gasteiger partial charge in [0, 0.05) is 0 Å². The predicted octanol–water partition coefficient (Wildman–Crippen LogP) is 2.71. The summed E-state index contributed by atoms with van der Waals surface area (Å²) in [5.41, 5.74) is 0. The van der Waals surface area contributed by atoms with Crippen molar-refractivity contribution >= 4 is 0 Å². The van der Waals surface area contributed by atoms with Crippen molar-refractivity contribution in [3.63, 3.8) is 0 Å². The first-order valence-electron chi connectivity index (χ1n) is 4.40. The molecular formula is C9H17O2+. The monoisotopic (exact) mass is 157 g/mol. The van der Waals surface area contributed by atoms with Crippen LogP contribution in [-0.2, 0) is 9.39 Å². The molecule has 0 bridgehead atoms. The molecule has 0 atom stereocenters. The molecule has 0 saturated carbocycles. The molecule has 0 saturated heterocycles. The Bertz CT molecular complexity index is 105. The molecule has 0 fully saturated rings. The van der Waals surface area contributed by atoms with Crippen molar-refractivity contribution in [1.82, 2.24) is 0 Å². The maximum atomic E-state index is 9.59. The molecule has 0 heterocycles. The van der Waals surface area contributed by atoms with Crippen molar-refractivity contribution in [1.29, 1.82) is 0 Å². The molecule has 64 valence electrons. The second kappa shape index (κ2) is 9.54. The summed E-state index contributed by atoms with van der Waals surface area (Å²) in [4.78, 5) is 0. The van der Waals surface area contributed by atoms with E-state index in [2.05, 4.69) is 11.7 Å². The minimum absolute atomic E-state index is 0.537. The van der Waals surface area contributed by atoms with Gasteiger partial charge in [-0.1, -0.05) is 0 Å². The quantitative estimate of drug-likeness (QED) is 0.412. The van der Waals surface area contributed by atoms with Crippen LogP contribution in [0, 0.1) is 6.33 Å². The first-order chi connectivity index (χ1) is 5.41. The van der Waals surface area contributed by atoms with Gasteiger partial charge in [-0.3, -0.25) is 0 Å². The summed E-state index contributed by atoms with van der Waals surface area (Å²) in [5.74, 6) is 0. The van der Waals surface area contributed by atoms with Gasteiger partial charge in [-0.05, 0) is 0 Å². The van der Waals surface area contributed by atoms with Gasteiger partial charge in [0.05, 0.1) is 0 Å². The van der Waals surface area contributed by atoms with Gasteiger partial charge in [-0.2, -0.15) is 0 Å². The molecule has 2 nitrogen and oxygen atoms in total. The van der Waals surface area contributed by atoms with Crippen LogP contribution in [0.2, 0.25) is 0 Å². The summed E-state index contributed by atoms with van der Waals surface area (Å²) < 4.78 is 14.0. The van der Waals surface area contributed by atoms with Crippen LogP contribution in [0.5, 0.6) is 0 Å². The van der Waals surface area contributed by atoms with Crippen molar-refractivity contribution in [2.24, 2.45) is 0 Å². The third-order valence-corrected chi connectivity index (χ3v) is 1.66. The number of hydrogen-bond acceptors (Lipinski definition) is 1. The summed E-state index contributed by atoms with van der Waals surface area (Å²) in [6.45, 7) is 2.74. The van der Waals surface area contributed by atoms with Crippen LogP contribution in [-0.4, -0.2) is 6.61 Å². The Kier molecular flexibility index (Phi) is 9.14. The average molecular weight is 157 g/mol. The predicted molar refractivity (Wildman–Crippen MR) is 43.9 cm³/mol. The number of hydrogen-bond donors (Lipinski definition) is 0. The van der Waals surface area contributed by atoms with Gasteiger partial charge in [-0.15, -0.1) is 0 Å². The van der Waals surface area contributed by atoms with Crippen LogP contribution < -0.4 is 0 Å². The van der Waals surface area contributed by atoms with Gasteiger partial charge in [0.25, 0.3) is 0 Å². The van der Waals surface area contributed by atoms with E-state index in [1.807, 2.05) is 0 Å². The van der Waals surface area contributed by atoms with Crippen molar-refractivity contribution < 1.29 is 9.39 Å². The van der Waals surface area contributed by atoms with E-state index in [0.717, 1.165) is 6.42 Å². The summed E-state index contributed by atoms with van der Waals surface area (Å²) in [6.07, 6.45) is 8.74. The standard InChI is InChI=1S/C9H17O2/c1-2-3-4-5-6-7-8-11-9-10/h2-8H2,1H3/q+1. The molecule has 0 amide bonds. The van der Waals surface area contributed by atoms with E-state index in [-0.39, 0.29) is 0 Å². The van der Waals surface area contributed by atoms with Crippen LogP contribution in [0.15, 0.2) is 0 Å². The molecule has 0 N–H and O–H groups in total. The molecular weight excluding hydrogens is 140 g/mol.